The van der Waals surface area contributed by atoms with Gasteiger partial charge in [-0.25, -0.2) is 4.39 Å². The molecule has 2 N–H and O–H groups in total. The maximum absolute atomic E-state index is 14.6. The summed E-state index contributed by atoms with van der Waals surface area (Å²) in [5.74, 6) is 0. The summed E-state index contributed by atoms with van der Waals surface area (Å²) in [7, 11) is 0. The third-order valence-corrected chi connectivity index (χ3v) is 5.72. The average molecular weight is 389 g/mol. The topological polar surface area (TPSA) is 60.3 Å². The Morgan fingerprint density at radius 2 is 2.14 bits per heavy atom. The Morgan fingerprint density at radius 1 is 1.39 bits per heavy atom. The second-order valence-corrected chi connectivity index (χ2v) is 9.30. The van der Waals surface area contributed by atoms with E-state index in [9.17, 15) is 4.39 Å². The van der Waals surface area contributed by atoms with Gasteiger partial charge in [-0.3, -0.25) is 4.90 Å². The van der Waals surface area contributed by atoms with Gasteiger partial charge >= 0.3 is 0 Å². The highest BCUT2D eigenvalue weighted by atomic mass is 19.1. The summed E-state index contributed by atoms with van der Waals surface area (Å²) in [6.45, 7) is 10.5. The molecule has 154 valence electrons. The van der Waals surface area contributed by atoms with Crippen molar-refractivity contribution >= 4 is 5.69 Å². The predicted molar refractivity (Wildman–Crippen MR) is 110 cm³/mol. The summed E-state index contributed by atoms with van der Waals surface area (Å²) < 4.78 is 21.0. The molecule has 0 aliphatic carbocycles. The molecule has 2 aliphatic heterocycles. The number of morpholine rings is 2. The van der Waals surface area contributed by atoms with Crippen molar-refractivity contribution < 1.29 is 9.13 Å². The van der Waals surface area contributed by atoms with E-state index in [0.29, 0.717) is 12.1 Å². The van der Waals surface area contributed by atoms with Gasteiger partial charge in [0, 0.05) is 45.0 Å². The van der Waals surface area contributed by atoms with Crippen LogP contribution in [0.15, 0.2) is 24.3 Å². The van der Waals surface area contributed by atoms with Gasteiger partial charge in [0.25, 0.3) is 0 Å². The molecule has 0 spiro atoms. The molecule has 3 unspecified atom stereocenters. The van der Waals surface area contributed by atoms with Crippen LogP contribution in [0.5, 0.6) is 0 Å². The van der Waals surface area contributed by atoms with Gasteiger partial charge in [0.15, 0.2) is 0 Å². The second kappa shape index (κ2) is 8.77. The first-order valence-electron chi connectivity index (χ1n) is 10.3. The SMILES string of the molecule is CC(C)(C)C(F)CN1CC2CNCC(CCCNc3ccc(C#N)cc3)(C1)O2. The van der Waals surface area contributed by atoms with E-state index in [4.69, 9.17) is 10.00 Å². The number of nitrogens with one attached hydrogen (secondary N) is 2. The number of nitriles is 1. The lowest BCUT2D eigenvalue weighted by atomic mass is 9.88. The van der Waals surface area contributed by atoms with E-state index >= 15 is 0 Å². The van der Waals surface area contributed by atoms with Gasteiger partial charge in [-0.2, -0.15) is 5.26 Å². The number of ether oxygens (including phenoxy) is 1. The highest BCUT2D eigenvalue weighted by molar-refractivity contribution is 5.47. The minimum Gasteiger partial charge on any atom is -0.385 e. The van der Waals surface area contributed by atoms with Crippen molar-refractivity contribution in [2.45, 2.75) is 51.5 Å². The fourth-order valence-electron chi connectivity index (χ4n) is 4.02. The minimum absolute atomic E-state index is 0.140. The van der Waals surface area contributed by atoms with Crippen molar-refractivity contribution in [2.24, 2.45) is 5.41 Å². The second-order valence-electron chi connectivity index (χ2n) is 9.30. The van der Waals surface area contributed by atoms with Crippen molar-refractivity contribution in [2.75, 3.05) is 44.6 Å². The van der Waals surface area contributed by atoms with E-state index < -0.39 is 6.17 Å². The molecule has 3 atom stereocenters. The van der Waals surface area contributed by atoms with Crippen LogP contribution in [-0.2, 0) is 4.74 Å². The zero-order valence-corrected chi connectivity index (χ0v) is 17.3. The maximum atomic E-state index is 14.6. The molecule has 2 aliphatic rings. The molecule has 0 amide bonds. The Morgan fingerprint density at radius 3 is 2.82 bits per heavy atom. The fourth-order valence-corrected chi connectivity index (χ4v) is 4.02. The van der Waals surface area contributed by atoms with Crippen LogP contribution in [0.3, 0.4) is 0 Å². The largest absolute Gasteiger partial charge is 0.385 e. The first-order valence-corrected chi connectivity index (χ1v) is 10.3. The van der Waals surface area contributed by atoms with Crippen molar-refractivity contribution in [1.29, 1.82) is 5.26 Å². The number of hydrogen-bond acceptors (Lipinski definition) is 5. The number of nitrogens with zero attached hydrogens (tertiary/aromatic N) is 2. The molecule has 28 heavy (non-hydrogen) atoms. The highest BCUT2D eigenvalue weighted by Gasteiger charge is 2.44. The molecule has 2 saturated heterocycles. The van der Waals surface area contributed by atoms with Gasteiger partial charge in [-0.05, 0) is 42.5 Å². The lowest BCUT2D eigenvalue weighted by Crippen LogP contribution is -2.66. The first kappa shape index (κ1) is 21.0. The number of fused-ring (bicyclic) bond motifs is 2. The first-order chi connectivity index (χ1) is 13.3. The zero-order valence-electron chi connectivity index (χ0n) is 17.3. The molecule has 3 rings (SSSR count). The van der Waals surface area contributed by atoms with E-state index in [0.717, 1.165) is 51.3 Å². The van der Waals surface area contributed by atoms with Gasteiger partial charge in [-0.1, -0.05) is 20.8 Å². The Labute approximate surface area is 168 Å². The zero-order chi connectivity index (χ0) is 20.2. The summed E-state index contributed by atoms with van der Waals surface area (Å²) >= 11 is 0. The lowest BCUT2D eigenvalue weighted by Gasteiger charge is -2.51. The van der Waals surface area contributed by atoms with E-state index in [1.807, 2.05) is 45.0 Å². The number of anilines is 1. The number of alkyl halides is 1. The Bertz CT molecular complexity index is 681. The number of rotatable bonds is 7. The van der Waals surface area contributed by atoms with Crippen LogP contribution < -0.4 is 10.6 Å². The van der Waals surface area contributed by atoms with Crippen LogP contribution in [0.4, 0.5) is 10.1 Å². The smallest absolute Gasteiger partial charge is 0.118 e. The number of hydrogen-bond donors (Lipinski definition) is 2. The maximum Gasteiger partial charge on any atom is 0.118 e. The van der Waals surface area contributed by atoms with Crippen LogP contribution >= 0.6 is 0 Å². The molecular formula is C22H33FN4O. The number of halogens is 1. The van der Waals surface area contributed by atoms with Crippen molar-refractivity contribution in [3.8, 4) is 6.07 Å². The van der Waals surface area contributed by atoms with Crippen LogP contribution in [0, 0.1) is 16.7 Å². The number of benzene rings is 1. The summed E-state index contributed by atoms with van der Waals surface area (Å²) in [6.07, 6.45) is 1.21. The summed E-state index contributed by atoms with van der Waals surface area (Å²) in [5, 5.41) is 15.8. The normalized spacial score (nSPS) is 26.5. The standard InChI is InChI=1S/C22H33FN4O/c1-21(2,3)20(23)14-27-13-19-12-25-15-22(16-27,28-19)9-4-10-26-18-7-5-17(11-24)6-8-18/h5-8,19-20,25-26H,4,9-10,12-16H2,1-3H3. The van der Waals surface area contributed by atoms with E-state index in [1.165, 1.54) is 0 Å². The van der Waals surface area contributed by atoms with E-state index in [1.54, 1.807) is 0 Å². The molecule has 0 aromatic heterocycles. The Balaban J connectivity index is 1.51. The van der Waals surface area contributed by atoms with Crippen molar-refractivity contribution in [3.63, 3.8) is 0 Å². The van der Waals surface area contributed by atoms with E-state index in [2.05, 4.69) is 21.6 Å². The highest BCUT2D eigenvalue weighted by Crippen LogP contribution is 2.31. The summed E-state index contributed by atoms with van der Waals surface area (Å²) in [6, 6.07) is 9.64. The van der Waals surface area contributed by atoms with Crippen LogP contribution in [0.25, 0.3) is 0 Å². The lowest BCUT2D eigenvalue weighted by molar-refractivity contribution is -0.178. The summed E-state index contributed by atoms with van der Waals surface area (Å²) in [4.78, 5) is 2.26. The molecular weight excluding hydrogens is 355 g/mol. The average Bonchev–Trinajstić information content (AvgIpc) is 2.65. The Hall–Kier alpha value is -1.68. The van der Waals surface area contributed by atoms with Crippen molar-refractivity contribution in [3.05, 3.63) is 29.8 Å². The van der Waals surface area contributed by atoms with Gasteiger partial charge in [-0.15, -0.1) is 0 Å². The monoisotopic (exact) mass is 388 g/mol. The molecule has 2 fully saturated rings. The Kier molecular flexibility index (Phi) is 6.59. The van der Waals surface area contributed by atoms with Gasteiger partial charge in [0.05, 0.1) is 23.3 Å². The van der Waals surface area contributed by atoms with Crippen LogP contribution in [0.1, 0.15) is 39.2 Å². The van der Waals surface area contributed by atoms with Crippen LogP contribution in [-0.4, -0.2) is 62.0 Å². The quantitative estimate of drug-likeness (QED) is 0.703. The van der Waals surface area contributed by atoms with Crippen LogP contribution in [0.2, 0.25) is 0 Å². The molecule has 5 nitrogen and oxygen atoms in total. The third-order valence-electron chi connectivity index (χ3n) is 5.72. The summed E-state index contributed by atoms with van der Waals surface area (Å²) in [5.41, 5.74) is 1.13. The van der Waals surface area contributed by atoms with E-state index in [-0.39, 0.29) is 17.1 Å². The van der Waals surface area contributed by atoms with Gasteiger partial charge in [0.2, 0.25) is 0 Å². The van der Waals surface area contributed by atoms with Gasteiger partial charge < -0.3 is 15.4 Å². The van der Waals surface area contributed by atoms with Crippen molar-refractivity contribution in [1.82, 2.24) is 10.2 Å². The predicted octanol–water partition coefficient (Wildman–Crippen LogP) is 3.18. The third kappa shape index (κ3) is 5.44. The fraction of sp³-hybridized carbons (Fsp3) is 0.682. The molecule has 2 heterocycles. The molecule has 2 bridgehead atoms. The minimum atomic E-state index is -0.839. The molecule has 1 aromatic rings. The molecule has 0 saturated carbocycles. The molecule has 1 aromatic carbocycles. The molecule has 6 heteroatoms. The molecule has 0 radical (unpaired) electrons. The van der Waals surface area contributed by atoms with Gasteiger partial charge in [0.1, 0.15) is 6.17 Å².